The minimum absolute atomic E-state index is 0.0332. The number of pyridine rings is 1. The Morgan fingerprint density at radius 2 is 2.27 bits per heavy atom. The molecule has 2 rings (SSSR count). The van der Waals surface area contributed by atoms with E-state index in [-0.39, 0.29) is 11.1 Å². The van der Waals surface area contributed by atoms with Crippen LogP contribution >= 0.6 is 0 Å². The molecule has 0 spiro atoms. The van der Waals surface area contributed by atoms with Gasteiger partial charge >= 0.3 is 5.63 Å². The first-order chi connectivity index (χ1) is 7.11. The van der Waals surface area contributed by atoms with Gasteiger partial charge in [0.15, 0.2) is 16.9 Å². The summed E-state index contributed by atoms with van der Waals surface area (Å²) in [6.07, 6.45) is 1.40. The van der Waals surface area contributed by atoms with Crippen molar-refractivity contribution in [2.75, 3.05) is 0 Å². The number of amides is 1. The molecule has 0 aromatic carbocycles. The molecule has 0 unspecified atom stereocenters. The number of fused-ring (bicyclic) bond motifs is 1. The molecule has 15 heavy (non-hydrogen) atoms. The molecule has 0 radical (unpaired) electrons. The highest BCUT2D eigenvalue weighted by atomic mass is 16.4. The first-order valence-corrected chi connectivity index (χ1v) is 4.02. The fourth-order valence-corrected chi connectivity index (χ4v) is 1.23. The Bertz CT molecular complexity index is 603. The molecule has 0 atom stereocenters. The van der Waals surface area contributed by atoms with E-state index in [1.807, 2.05) is 0 Å². The zero-order valence-electron chi connectivity index (χ0n) is 7.43. The van der Waals surface area contributed by atoms with Gasteiger partial charge in [-0.05, 0) is 12.1 Å². The highest BCUT2D eigenvalue weighted by Gasteiger charge is 2.18. The van der Waals surface area contributed by atoms with Crippen molar-refractivity contribution in [3.05, 3.63) is 34.3 Å². The molecule has 2 heterocycles. The molecule has 0 fully saturated rings. The van der Waals surface area contributed by atoms with Crippen molar-refractivity contribution in [2.24, 2.45) is 5.73 Å². The van der Waals surface area contributed by atoms with Gasteiger partial charge in [-0.1, -0.05) is 0 Å². The molecular weight excluding hydrogens is 200 g/mol. The van der Waals surface area contributed by atoms with E-state index in [0.717, 1.165) is 0 Å². The first-order valence-electron chi connectivity index (χ1n) is 4.02. The fraction of sp³-hybridized carbons (Fsp3) is 0. The number of aromatic hydroxyl groups is 1. The van der Waals surface area contributed by atoms with Gasteiger partial charge in [0, 0.05) is 6.20 Å². The van der Waals surface area contributed by atoms with Crippen molar-refractivity contribution in [3.63, 3.8) is 0 Å². The lowest BCUT2D eigenvalue weighted by atomic mass is 10.2. The summed E-state index contributed by atoms with van der Waals surface area (Å²) in [5, 5.41) is 9.58. The molecule has 0 aliphatic heterocycles. The molecule has 0 aliphatic rings. The number of primary amides is 1. The van der Waals surface area contributed by atoms with Gasteiger partial charge in [0.05, 0.1) is 0 Å². The summed E-state index contributed by atoms with van der Waals surface area (Å²) in [4.78, 5) is 25.9. The zero-order valence-corrected chi connectivity index (χ0v) is 7.43. The molecule has 76 valence electrons. The van der Waals surface area contributed by atoms with Crippen molar-refractivity contribution >= 4 is 17.0 Å². The van der Waals surface area contributed by atoms with Crippen LogP contribution in [0.2, 0.25) is 0 Å². The van der Waals surface area contributed by atoms with Crippen LogP contribution in [-0.4, -0.2) is 16.0 Å². The quantitative estimate of drug-likeness (QED) is 0.682. The van der Waals surface area contributed by atoms with Crippen LogP contribution in [0, 0.1) is 0 Å². The molecule has 3 N–H and O–H groups in total. The SMILES string of the molecule is NC(=O)c1c(O)c2ncccc2oc1=O. The summed E-state index contributed by atoms with van der Waals surface area (Å²) in [6.45, 7) is 0. The van der Waals surface area contributed by atoms with Crippen molar-refractivity contribution in [1.29, 1.82) is 0 Å². The van der Waals surface area contributed by atoms with E-state index >= 15 is 0 Å². The third kappa shape index (κ3) is 1.32. The maximum Gasteiger partial charge on any atom is 0.353 e. The molecule has 6 nitrogen and oxygen atoms in total. The lowest BCUT2D eigenvalue weighted by Crippen LogP contribution is -2.21. The largest absolute Gasteiger partial charge is 0.505 e. The topological polar surface area (TPSA) is 106 Å². The van der Waals surface area contributed by atoms with E-state index in [2.05, 4.69) is 4.98 Å². The molecule has 0 saturated heterocycles. The predicted molar refractivity (Wildman–Crippen MR) is 50.5 cm³/mol. The summed E-state index contributed by atoms with van der Waals surface area (Å²) in [7, 11) is 0. The van der Waals surface area contributed by atoms with Gasteiger partial charge in [-0.2, -0.15) is 0 Å². The maximum absolute atomic E-state index is 11.2. The van der Waals surface area contributed by atoms with Crippen LogP contribution in [0.3, 0.4) is 0 Å². The Kier molecular flexibility index (Phi) is 1.89. The molecule has 2 aromatic heterocycles. The van der Waals surface area contributed by atoms with Gasteiger partial charge in [0.1, 0.15) is 5.52 Å². The lowest BCUT2D eigenvalue weighted by Gasteiger charge is -2.01. The van der Waals surface area contributed by atoms with E-state index in [0.29, 0.717) is 0 Å². The maximum atomic E-state index is 11.2. The Balaban J connectivity index is 2.97. The number of hydrogen-bond donors (Lipinski definition) is 2. The van der Waals surface area contributed by atoms with Gasteiger partial charge in [-0.15, -0.1) is 0 Å². The summed E-state index contributed by atoms with van der Waals surface area (Å²) in [5.74, 6) is -1.59. The average molecular weight is 206 g/mol. The number of aromatic nitrogens is 1. The highest BCUT2D eigenvalue weighted by molar-refractivity contribution is 5.99. The molecule has 2 aromatic rings. The number of carbonyl (C=O) groups excluding carboxylic acids is 1. The van der Waals surface area contributed by atoms with E-state index in [1.165, 1.54) is 18.3 Å². The Morgan fingerprint density at radius 1 is 1.53 bits per heavy atom. The van der Waals surface area contributed by atoms with Gasteiger partial charge < -0.3 is 15.3 Å². The monoisotopic (exact) mass is 206 g/mol. The zero-order chi connectivity index (χ0) is 11.0. The first kappa shape index (κ1) is 9.20. The van der Waals surface area contributed by atoms with Gasteiger partial charge in [0.25, 0.3) is 5.91 Å². The molecule has 1 amide bonds. The molecule has 0 aliphatic carbocycles. The summed E-state index contributed by atoms with van der Waals surface area (Å²) in [6, 6.07) is 2.99. The minimum atomic E-state index is -1.05. The Morgan fingerprint density at radius 3 is 2.93 bits per heavy atom. The van der Waals surface area contributed by atoms with Crippen LogP contribution < -0.4 is 11.4 Å². The number of rotatable bonds is 1. The van der Waals surface area contributed by atoms with E-state index in [1.54, 1.807) is 0 Å². The lowest BCUT2D eigenvalue weighted by molar-refractivity contribution is 0.0994. The normalized spacial score (nSPS) is 10.4. The average Bonchev–Trinajstić information content (AvgIpc) is 2.17. The van der Waals surface area contributed by atoms with Crippen LogP contribution in [0.4, 0.5) is 0 Å². The molecule has 0 saturated carbocycles. The summed E-state index contributed by atoms with van der Waals surface area (Å²) in [5.41, 5.74) is 3.50. The van der Waals surface area contributed by atoms with Crippen molar-refractivity contribution in [3.8, 4) is 5.75 Å². The summed E-state index contributed by atoms with van der Waals surface area (Å²) < 4.78 is 4.76. The third-order valence-corrected chi connectivity index (χ3v) is 1.88. The van der Waals surface area contributed by atoms with E-state index < -0.39 is 22.8 Å². The summed E-state index contributed by atoms with van der Waals surface area (Å²) >= 11 is 0. The van der Waals surface area contributed by atoms with Gasteiger partial charge in [0.2, 0.25) is 0 Å². The van der Waals surface area contributed by atoms with E-state index in [9.17, 15) is 14.7 Å². The molecule has 6 heteroatoms. The Hall–Kier alpha value is -2.37. The highest BCUT2D eigenvalue weighted by Crippen LogP contribution is 2.23. The number of carbonyl (C=O) groups is 1. The number of hydrogen-bond acceptors (Lipinski definition) is 5. The smallest absolute Gasteiger partial charge is 0.353 e. The van der Waals surface area contributed by atoms with Crippen molar-refractivity contribution in [1.82, 2.24) is 4.98 Å². The van der Waals surface area contributed by atoms with Crippen LogP contribution in [-0.2, 0) is 0 Å². The standard InChI is InChI=1S/C9H6N2O4/c10-8(13)5-7(12)6-4(15-9(5)14)2-1-3-11-6/h1-3,12H,(H2,10,13). The molecular formula is C9H6N2O4. The number of nitrogens with two attached hydrogens (primary N) is 1. The second-order valence-corrected chi connectivity index (χ2v) is 2.83. The Labute approximate surface area is 83.0 Å². The second-order valence-electron chi connectivity index (χ2n) is 2.83. The molecule has 0 bridgehead atoms. The van der Waals surface area contributed by atoms with E-state index in [4.69, 9.17) is 10.2 Å². The van der Waals surface area contributed by atoms with Crippen molar-refractivity contribution in [2.45, 2.75) is 0 Å². The van der Waals surface area contributed by atoms with Crippen LogP contribution in [0.1, 0.15) is 10.4 Å². The van der Waals surface area contributed by atoms with Gasteiger partial charge in [-0.3, -0.25) is 4.79 Å². The minimum Gasteiger partial charge on any atom is -0.505 e. The number of nitrogens with zero attached hydrogens (tertiary/aromatic N) is 1. The van der Waals surface area contributed by atoms with Crippen LogP contribution in [0.25, 0.3) is 11.1 Å². The third-order valence-electron chi connectivity index (χ3n) is 1.88. The van der Waals surface area contributed by atoms with Gasteiger partial charge in [-0.25, -0.2) is 9.78 Å². The second kappa shape index (κ2) is 3.09. The fourth-order valence-electron chi connectivity index (χ4n) is 1.23. The predicted octanol–water partition coefficient (Wildman–Crippen LogP) is -0.00750. The van der Waals surface area contributed by atoms with Crippen LogP contribution in [0.5, 0.6) is 5.75 Å². The van der Waals surface area contributed by atoms with Crippen LogP contribution in [0.15, 0.2) is 27.5 Å². The van der Waals surface area contributed by atoms with Crippen molar-refractivity contribution < 1.29 is 14.3 Å².